The van der Waals surface area contributed by atoms with Gasteiger partial charge >= 0.3 is 0 Å². The van der Waals surface area contributed by atoms with Crippen LogP contribution in [0.25, 0.3) is 0 Å². The Kier molecular flexibility index (Phi) is 4.62. The molecule has 0 amide bonds. The zero-order valence-electron chi connectivity index (χ0n) is 10.5. The number of rotatable bonds is 3. The molecule has 2 atom stereocenters. The summed E-state index contributed by atoms with van der Waals surface area (Å²) < 4.78 is 5.81. The summed E-state index contributed by atoms with van der Waals surface area (Å²) in [5.41, 5.74) is 5.95. The zero-order chi connectivity index (χ0) is 11.4. The Morgan fingerprint density at radius 3 is 2.69 bits per heavy atom. The molecule has 0 aliphatic carbocycles. The highest BCUT2D eigenvalue weighted by molar-refractivity contribution is 4.83. The first-order valence-corrected chi connectivity index (χ1v) is 6.90. The summed E-state index contributed by atoms with van der Waals surface area (Å²) >= 11 is 0. The molecule has 0 aromatic rings. The SMILES string of the molecule is CCCC1CC(N2CCC(N)CC2)CCO1. The third-order valence-electron chi connectivity index (χ3n) is 4.04. The van der Waals surface area contributed by atoms with Gasteiger partial charge in [0.1, 0.15) is 0 Å². The predicted octanol–water partition coefficient (Wildman–Crippen LogP) is 1.76. The molecule has 2 heterocycles. The fourth-order valence-electron chi connectivity index (χ4n) is 3.00. The van der Waals surface area contributed by atoms with Gasteiger partial charge in [0.25, 0.3) is 0 Å². The monoisotopic (exact) mass is 226 g/mol. The number of nitrogens with zero attached hydrogens (tertiary/aromatic N) is 1. The van der Waals surface area contributed by atoms with Crippen molar-refractivity contribution in [3.8, 4) is 0 Å². The van der Waals surface area contributed by atoms with E-state index in [0.717, 1.165) is 12.6 Å². The van der Waals surface area contributed by atoms with E-state index in [1.807, 2.05) is 0 Å². The lowest BCUT2D eigenvalue weighted by molar-refractivity contribution is -0.0349. The molecule has 0 bridgehead atoms. The second-order valence-electron chi connectivity index (χ2n) is 5.33. The Hall–Kier alpha value is -0.120. The van der Waals surface area contributed by atoms with Crippen LogP contribution in [0.3, 0.4) is 0 Å². The Morgan fingerprint density at radius 2 is 2.00 bits per heavy atom. The van der Waals surface area contributed by atoms with Gasteiger partial charge in [0.2, 0.25) is 0 Å². The van der Waals surface area contributed by atoms with Crippen LogP contribution >= 0.6 is 0 Å². The maximum absolute atomic E-state index is 5.95. The van der Waals surface area contributed by atoms with Crippen LogP contribution in [0.1, 0.15) is 45.4 Å². The molecule has 3 nitrogen and oxygen atoms in total. The van der Waals surface area contributed by atoms with Gasteiger partial charge in [-0.25, -0.2) is 0 Å². The van der Waals surface area contributed by atoms with E-state index >= 15 is 0 Å². The van der Waals surface area contributed by atoms with Gasteiger partial charge < -0.3 is 15.4 Å². The lowest BCUT2D eigenvalue weighted by atomic mass is 9.96. The average Bonchev–Trinajstić information content (AvgIpc) is 2.31. The summed E-state index contributed by atoms with van der Waals surface area (Å²) in [7, 11) is 0. The molecule has 0 radical (unpaired) electrons. The Labute approximate surface area is 99.3 Å². The summed E-state index contributed by atoms with van der Waals surface area (Å²) in [6.07, 6.45) is 7.79. The van der Waals surface area contributed by atoms with Gasteiger partial charge in [-0.1, -0.05) is 13.3 Å². The smallest absolute Gasteiger partial charge is 0.0590 e. The van der Waals surface area contributed by atoms with Crippen molar-refractivity contribution in [2.75, 3.05) is 19.7 Å². The highest BCUT2D eigenvalue weighted by atomic mass is 16.5. The van der Waals surface area contributed by atoms with E-state index in [2.05, 4.69) is 11.8 Å². The van der Waals surface area contributed by atoms with E-state index in [0.29, 0.717) is 12.1 Å². The zero-order valence-corrected chi connectivity index (χ0v) is 10.5. The first kappa shape index (κ1) is 12.3. The van der Waals surface area contributed by atoms with E-state index in [1.54, 1.807) is 0 Å². The van der Waals surface area contributed by atoms with Crippen molar-refractivity contribution >= 4 is 0 Å². The largest absolute Gasteiger partial charge is 0.378 e. The van der Waals surface area contributed by atoms with Crippen molar-refractivity contribution in [1.29, 1.82) is 0 Å². The number of ether oxygens (including phenoxy) is 1. The number of hydrogen-bond acceptors (Lipinski definition) is 3. The molecule has 0 saturated carbocycles. The van der Waals surface area contributed by atoms with Gasteiger partial charge in [-0.05, 0) is 45.2 Å². The molecule has 0 spiro atoms. The van der Waals surface area contributed by atoms with Crippen LogP contribution in [0.15, 0.2) is 0 Å². The topological polar surface area (TPSA) is 38.5 Å². The lowest BCUT2D eigenvalue weighted by Crippen LogP contribution is -2.48. The molecule has 2 fully saturated rings. The van der Waals surface area contributed by atoms with Gasteiger partial charge in [0, 0.05) is 18.7 Å². The third-order valence-corrected chi connectivity index (χ3v) is 4.04. The van der Waals surface area contributed by atoms with Crippen LogP contribution in [-0.2, 0) is 4.74 Å². The van der Waals surface area contributed by atoms with Crippen LogP contribution in [0.5, 0.6) is 0 Å². The third kappa shape index (κ3) is 3.19. The van der Waals surface area contributed by atoms with Crippen molar-refractivity contribution in [2.45, 2.75) is 63.6 Å². The van der Waals surface area contributed by atoms with Crippen LogP contribution in [0.2, 0.25) is 0 Å². The van der Waals surface area contributed by atoms with E-state index in [-0.39, 0.29) is 0 Å². The number of likely N-dealkylation sites (tertiary alicyclic amines) is 1. The molecule has 2 N–H and O–H groups in total. The summed E-state index contributed by atoms with van der Waals surface area (Å²) in [5.74, 6) is 0. The van der Waals surface area contributed by atoms with Crippen molar-refractivity contribution in [3.05, 3.63) is 0 Å². The molecule has 0 aromatic heterocycles. The molecule has 3 heteroatoms. The van der Waals surface area contributed by atoms with E-state index in [1.165, 1.54) is 51.6 Å². The lowest BCUT2D eigenvalue weighted by Gasteiger charge is -2.40. The highest BCUT2D eigenvalue weighted by Crippen LogP contribution is 2.24. The minimum Gasteiger partial charge on any atom is -0.378 e. The van der Waals surface area contributed by atoms with Crippen LogP contribution in [0.4, 0.5) is 0 Å². The second-order valence-corrected chi connectivity index (χ2v) is 5.33. The van der Waals surface area contributed by atoms with Gasteiger partial charge in [0.15, 0.2) is 0 Å². The maximum atomic E-state index is 5.95. The van der Waals surface area contributed by atoms with E-state index in [4.69, 9.17) is 10.5 Å². The predicted molar refractivity (Wildman–Crippen MR) is 66.5 cm³/mol. The Balaban J connectivity index is 1.80. The molecular weight excluding hydrogens is 200 g/mol. The minimum absolute atomic E-state index is 0.447. The maximum Gasteiger partial charge on any atom is 0.0590 e. The van der Waals surface area contributed by atoms with Crippen LogP contribution < -0.4 is 5.73 Å². The summed E-state index contributed by atoms with van der Waals surface area (Å²) in [5, 5.41) is 0. The fourth-order valence-corrected chi connectivity index (χ4v) is 3.00. The minimum atomic E-state index is 0.447. The van der Waals surface area contributed by atoms with Gasteiger partial charge in [-0.15, -0.1) is 0 Å². The van der Waals surface area contributed by atoms with E-state index in [9.17, 15) is 0 Å². The first-order chi connectivity index (χ1) is 7.79. The van der Waals surface area contributed by atoms with E-state index < -0.39 is 0 Å². The van der Waals surface area contributed by atoms with Crippen molar-refractivity contribution < 1.29 is 4.74 Å². The molecule has 2 aliphatic rings. The normalized spacial score (nSPS) is 34.1. The van der Waals surface area contributed by atoms with Crippen molar-refractivity contribution in [2.24, 2.45) is 5.73 Å². The van der Waals surface area contributed by atoms with Gasteiger partial charge in [0.05, 0.1) is 6.10 Å². The van der Waals surface area contributed by atoms with Crippen molar-refractivity contribution in [1.82, 2.24) is 4.90 Å². The molecular formula is C13H26N2O. The molecule has 2 aliphatic heterocycles. The van der Waals surface area contributed by atoms with Crippen LogP contribution in [0, 0.1) is 0 Å². The van der Waals surface area contributed by atoms with Crippen molar-refractivity contribution in [3.63, 3.8) is 0 Å². The van der Waals surface area contributed by atoms with Gasteiger partial charge in [-0.3, -0.25) is 0 Å². The fraction of sp³-hybridized carbons (Fsp3) is 1.00. The average molecular weight is 226 g/mol. The summed E-state index contributed by atoms with van der Waals surface area (Å²) in [6, 6.07) is 1.21. The summed E-state index contributed by atoms with van der Waals surface area (Å²) in [4.78, 5) is 2.65. The highest BCUT2D eigenvalue weighted by Gasteiger charge is 2.28. The molecule has 2 unspecified atom stereocenters. The van der Waals surface area contributed by atoms with Gasteiger partial charge in [-0.2, -0.15) is 0 Å². The number of hydrogen-bond donors (Lipinski definition) is 1. The second kappa shape index (κ2) is 5.99. The number of piperidine rings is 1. The molecule has 0 aromatic carbocycles. The molecule has 2 saturated heterocycles. The standard InChI is InChI=1S/C13H26N2O/c1-2-3-13-10-12(6-9-16-13)15-7-4-11(14)5-8-15/h11-13H,2-10,14H2,1H3. The Morgan fingerprint density at radius 1 is 1.25 bits per heavy atom. The van der Waals surface area contributed by atoms with Crippen LogP contribution in [-0.4, -0.2) is 42.8 Å². The summed E-state index contributed by atoms with van der Waals surface area (Å²) in [6.45, 7) is 5.60. The quantitative estimate of drug-likeness (QED) is 0.797. The molecule has 16 heavy (non-hydrogen) atoms. The first-order valence-electron chi connectivity index (χ1n) is 6.90. The molecule has 94 valence electrons. The Bertz CT molecular complexity index is 200. The number of nitrogens with two attached hydrogens (primary N) is 1. The molecule has 2 rings (SSSR count).